The normalized spacial score (nSPS) is 9.95. The molecular formula is C34H42Cl2SiZr-4. The van der Waals surface area contributed by atoms with E-state index in [0.29, 0.717) is 5.92 Å². The van der Waals surface area contributed by atoms with Gasteiger partial charge in [-0.25, -0.2) is 0 Å². The first-order valence-electron chi connectivity index (χ1n) is 11.9. The van der Waals surface area contributed by atoms with Crippen molar-refractivity contribution < 1.29 is 23.3 Å². The van der Waals surface area contributed by atoms with Gasteiger partial charge in [0.2, 0.25) is 0 Å². The summed E-state index contributed by atoms with van der Waals surface area (Å²) in [5, 5.41) is 5.46. The fourth-order valence-electron chi connectivity index (χ4n) is 4.46. The molecule has 5 aromatic rings. The Morgan fingerprint density at radius 2 is 1.34 bits per heavy atom. The van der Waals surface area contributed by atoms with Crippen LogP contribution in [-0.2, 0) is 28.8 Å². The van der Waals surface area contributed by atoms with Crippen LogP contribution < -0.4 is 0 Å². The van der Waals surface area contributed by atoms with E-state index in [1.165, 1.54) is 72.7 Å². The fourth-order valence-corrected chi connectivity index (χ4v) is 4.46. The average Bonchev–Trinajstić information content (AvgIpc) is 3.43. The number of benzene rings is 3. The van der Waals surface area contributed by atoms with E-state index in [4.69, 9.17) is 0 Å². The van der Waals surface area contributed by atoms with Gasteiger partial charge in [-0.1, -0.05) is 89.4 Å². The molecule has 0 aromatic heterocycles. The molecule has 0 N–H and O–H groups in total. The molecule has 0 nitrogen and oxygen atoms in total. The zero-order valence-electron chi connectivity index (χ0n) is 24.1. The Kier molecular flexibility index (Phi) is 17.6. The topological polar surface area (TPSA) is 0 Å². The van der Waals surface area contributed by atoms with Crippen molar-refractivity contribution in [2.75, 3.05) is 0 Å². The summed E-state index contributed by atoms with van der Waals surface area (Å²) in [5.74, 6) is 0.630. The van der Waals surface area contributed by atoms with E-state index in [-0.39, 0.29) is 45.1 Å². The van der Waals surface area contributed by atoms with E-state index >= 15 is 0 Å². The van der Waals surface area contributed by atoms with E-state index in [2.05, 4.69) is 139 Å². The van der Waals surface area contributed by atoms with Crippen molar-refractivity contribution in [1.29, 1.82) is 0 Å². The zero-order chi connectivity index (χ0) is 24.9. The Morgan fingerprint density at radius 1 is 0.763 bits per heavy atom. The van der Waals surface area contributed by atoms with Gasteiger partial charge in [0.1, 0.15) is 0 Å². The van der Waals surface area contributed by atoms with Gasteiger partial charge in [-0.3, -0.25) is 0 Å². The quantitative estimate of drug-likeness (QED) is 0.133. The molecule has 0 spiro atoms. The molecule has 0 saturated heterocycles. The third kappa shape index (κ3) is 9.34. The van der Waals surface area contributed by atoms with Crippen LogP contribution in [0.2, 0.25) is 0 Å². The van der Waals surface area contributed by atoms with Crippen LogP contribution in [0.1, 0.15) is 57.2 Å². The Hall–Kier alpha value is -1.44. The second-order valence-corrected chi connectivity index (χ2v) is 10.2. The average molecular weight is 641 g/mol. The molecule has 0 unspecified atom stereocenters. The number of hydrogen-bond donors (Lipinski definition) is 0. The molecule has 204 valence electrons. The summed E-state index contributed by atoms with van der Waals surface area (Å²) in [4.78, 5) is 0. The third-order valence-corrected chi connectivity index (χ3v) is 6.29. The van der Waals surface area contributed by atoms with Gasteiger partial charge in [-0.05, 0) is 16.5 Å². The van der Waals surface area contributed by atoms with Crippen molar-refractivity contribution in [2.45, 2.75) is 52.9 Å². The molecule has 0 fully saturated rings. The summed E-state index contributed by atoms with van der Waals surface area (Å²) in [5.41, 5.74) is 7.02. The van der Waals surface area contributed by atoms with E-state index < -0.39 is 0 Å². The molecule has 0 saturated carbocycles. The summed E-state index contributed by atoms with van der Waals surface area (Å²) in [6, 6.07) is 33.1. The summed E-state index contributed by atoms with van der Waals surface area (Å²) in [7, 11) is 0. The molecule has 0 amide bonds. The first-order chi connectivity index (χ1) is 16.2. The maximum atomic E-state index is 3.06. The number of fused-ring (bicyclic) bond motifs is 2. The van der Waals surface area contributed by atoms with Crippen molar-refractivity contribution in [2.24, 2.45) is 0 Å². The van der Waals surface area contributed by atoms with Crippen LogP contribution in [0.4, 0.5) is 0 Å². The van der Waals surface area contributed by atoms with Crippen molar-refractivity contribution in [3.63, 3.8) is 0 Å². The maximum absolute atomic E-state index is 3.06. The Balaban J connectivity index is 0. The second-order valence-electron chi connectivity index (χ2n) is 10.2. The molecule has 0 aliphatic carbocycles. The van der Waals surface area contributed by atoms with Gasteiger partial charge >= 0.3 is 30.2 Å². The van der Waals surface area contributed by atoms with E-state index in [0.717, 1.165) is 0 Å². The number of hydrogen-bond acceptors (Lipinski definition) is 0. The van der Waals surface area contributed by atoms with Crippen LogP contribution in [0.5, 0.6) is 0 Å². The second kappa shape index (κ2) is 17.3. The van der Waals surface area contributed by atoms with Crippen molar-refractivity contribution in [3.05, 3.63) is 123 Å². The predicted octanol–water partition coefficient (Wildman–Crippen LogP) is 10.9. The minimum atomic E-state index is 0. The van der Waals surface area contributed by atoms with Crippen LogP contribution in [0.25, 0.3) is 32.7 Å². The van der Waals surface area contributed by atoms with Crippen LogP contribution in [0, 0.1) is 21.8 Å². The molecule has 4 heteroatoms. The molecule has 0 heterocycles. The first-order valence-corrected chi connectivity index (χ1v) is 16.1. The molecule has 0 aliphatic rings. The molecule has 0 bridgehead atoms. The van der Waals surface area contributed by atoms with Crippen molar-refractivity contribution in [1.82, 2.24) is 0 Å². The van der Waals surface area contributed by atoms with Crippen LogP contribution in [0.15, 0.2) is 91.0 Å². The van der Waals surface area contributed by atoms with Gasteiger partial charge in [0, 0.05) is 0 Å². The van der Waals surface area contributed by atoms with Crippen LogP contribution in [-0.4, -0.2) is 6.88 Å². The Bertz CT molecular complexity index is 1360. The summed E-state index contributed by atoms with van der Waals surface area (Å²) in [6.45, 7) is 16.5. The Labute approximate surface area is 261 Å². The number of aryl methyl sites for hydroxylation is 1. The minimum absolute atomic E-state index is 0. The predicted molar refractivity (Wildman–Crippen MR) is 175 cm³/mol. The zero-order valence-corrected chi connectivity index (χ0v) is 29.1. The van der Waals surface area contributed by atoms with Gasteiger partial charge in [0.25, 0.3) is 0 Å². The molecule has 5 rings (SSSR count). The third-order valence-electron chi connectivity index (χ3n) is 6.29. The van der Waals surface area contributed by atoms with E-state index in [1.54, 1.807) is 0 Å². The summed E-state index contributed by atoms with van der Waals surface area (Å²) >= 11 is 1.36. The van der Waals surface area contributed by atoms with Gasteiger partial charge in [-0.2, -0.15) is 11.6 Å². The van der Waals surface area contributed by atoms with Gasteiger partial charge < -0.3 is 14.9 Å². The molecular weight excluding hydrogens is 599 g/mol. The number of rotatable bonds is 2. The van der Waals surface area contributed by atoms with Crippen LogP contribution in [0.3, 0.4) is 0 Å². The first kappa shape index (κ1) is 38.7. The summed E-state index contributed by atoms with van der Waals surface area (Å²) in [6.07, 6.45) is 0. The Morgan fingerprint density at radius 3 is 1.92 bits per heavy atom. The van der Waals surface area contributed by atoms with Crippen LogP contribution >= 0.6 is 24.8 Å². The standard InChI is InChI=1S/C20H21.C12H13.2CH3.2ClH.Si.Zr/c1-14-12-16-6-5-7-18(19(16)13-14)15-8-10-17(11-9-15)20(2,3)4;1-9(2)11-8-7-10-5-3-4-6-12(10)11;;;;;;/h5-13H,1-4H3;3-9H,1-2H3;2*1H3;2*1H;;/q4*-1;;;;. The summed E-state index contributed by atoms with van der Waals surface area (Å²) < 4.78 is 0. The van der Waals surface area contributed by atoms with Crippen molar-refractivity contribution >= 4 is 53.2 Å². The molecule has 38 heavy (non-hydrogen) atoms. The molecule has 0 aliphatic heterocycles. The molecule has 2 radical (unpaired) electrons. The van der Waals surface area contributed by atoms with E-state index in [9.17, 15) is 0 Å². The van der Waals surface area contributed by atoms with Gasteiger partial charge in [0.15, 0.2) is 0 Å². The number of halogens is 2. The molecule has 5 aromatic carbocycles. The monoisotopic (exact) mass is 638 g/mol. The SMILES string of the molecule is CC(C)c1c[cH-]c2ccccc12.Cc1cc2c(-c3ccc(C(C)(C)C)cc3)cccc2[cH-]1.Cl.Cl.[CH3-].[CH3-].[Si]=[Zr]. The fraction of sp³-hybridized carbons (Fsp3) is 0.235. The van der Waals surface area contributed by atoms with Crippen molar-refractivity contribution in [3.8, 4) is 11.1 Å². The van der Waals surface area contributed by atoms with E-state index in [1.807, 2.05) is 0 Å². The molecule has 0 atom stereocenters. The van der Waals surface area contributed by atoms with Gasteiger partial charge in [-0.15, -0.1) is 100 Å². The van der Waals surface area contributed by atoms with Gasteiger partial charge in [0.05, 0.1) is 0 Å².